The molecular formula is C8H14N2O2Si. The predicted molar refractivity (Wildman–Crippen MR) is 50.7 cm³/mol. The van der Waals surface area contributed by atoms with Crippen LogP contribution in [0.2, 0.25) is 18.6 Å². The minimum Gasteiger partial charge on any atom is -0.343 e. The number of carbonyl (C=O) groups is 2. The van der Waals surface area contributed by atoms with E-state index in [0.29, 0.717) is 6.54 Å². The Morgan fingerprint density at radius 2 is 1.92 bits per heavy atom. The van der Waals surface area contributed by atoms with E-state index in [-0.39, 0.29) is 11.9 Å². The molecular weight excluding hydrogens is 184 g/mol. The lowest BCUT2D eigenvalue weighted by atomic mass is 10.4. The normalized spacial score (nSPS) is 26.7. The summed E-state index contributed by atoms with van der Waals surface area (Å²) in [5, 5.41) is 2.35. The van der Waals surface area contributed by atoms with E-state index >= 15 is 0 Å². The monoisotopic (exact) mass is 198 g/mol. The molecule has 5 heteroatoms. The van der Waals surface area contributed by atoms with Crippen LogP contribution in [0.1, 0.15) is 12.8 Å². The average Bonchev–Trinajstić information content (AvgIpc) is 2.59. The van der Waals surface area contributed by atoms with E-state index in [2.05, 4.69) is 11.9 Å². The highest BCUT2D eigenvalue weighted by Crippen LogP contribution is 2.33. The van der Waals surface area contributed by atoms with Crippen LogP contribution in [0.15, 0.2) is 0 Å². The molecule has 2 saturated heterocycles. The average molecular weight is 198 g/mol. The Hall–Kier alpha value is -0.843. The van der Waals surface area contributed by atoms with Crippen LogP contribution < -0.4 is 5.32 Å². The smallest absolute Gasteiger partial charge is 0.316 e. The van der Waals surface area contributed by atoms with E-state index in [0.717, 1.165) is 12.1 Å². The van der Waals surface area contributed by atoms with Gasteiger partial charge >= 0.3 is 6.03 Å². The molecule has 2 heterocycles. The third-order valence-electron chi connectivity index (χ3n) is 3.13. The molecule has 0 spiro atoms. The molecule has 0 aromatic carbocycles. The van der Waals surface area contributed by atoms with Gasteiger partial charge in [0.15, 0.2) is 8.24 Å². The largest absolute Gasteiger partial charge is 0.343 e. The summed E-state index contributed by atoms with van der Waals surface area (Å²) in [5.74, 6) is -0.134. The lowest BCUT2D eigenvalue weighted by Crippen LogP contribution is -2.50. The number of nitrogens with zero attached hydrogens (tertiary/aromatic N) is 1. The van der Waals surface area contributed by atoms with Gasteiger partial charge in [0.1, 0.15) is 0 Å². The number of urea groups is 1. The fraction of sp³-hybridized carbons (Fsp3) is 0.750. The molecule has 0 saturated carbocycles. The van der Waals surface area contributed by atoms with E-state index in [1.807, 2.05) is 4.57 Å². The zero-order chi connectivity index (χ0) is 9.47. The number of carbonyl (C=O) groups excluding carboxylic acids is 2. The topological polar surface area (TPSA) is 49.4 Å². The van der Waals surface area contributed by atoms with Crippen molar-refractivity contribution >= 4 is 20.2 Å². The fourth-order valence-corrected chi connectivity index (χ4v) is 6.17. The first kappa shape index (κ1) is 8.74. The molecule has 0 radical (unpaired) electrons. The predicted octanol–water partition coefficient (Wildman–Crippen LogP) is 0.907. The Morgan fingerprint density at radius 3 is 2.38 bits per heavy atom. The highest BCUT2D eigenvalue weighted by molar-refractivity contribution is 6.79. The van der Waals surface area contributed by atoms with Crippen LogP contribution in [0.4, 0.5) is 4.79 Å². The molecule has 0 aromatic rings. The summed E-state index contributed by atoms with van der Waals surface area (Å²) in [6, 6.07) is 2.17. The van der Waals surface area contributed by atoms with Gasteiger partial charge in [-0.05, 0) is 12.1 Å². The third-order valence-corrected chi connectivity index (χ3v) is 7.65. The number of rotatable bonds is 1. The second-order valence-corrected chi connectivity index (χ2v) is 8.68. The van der Waals surface area contributed by atoms with Crippen LogP contribution in [0, 0.1) is 0 Å². The quantitative estimate of drug-likeness (QED) is 0.503. The second-order valence-electron chi connectivity index (χ2n) is 4.14. The second kappa shape index (κ2) is 2.83. The Labute approximate surface area is 78.4 Å². The van der Waals surface area contributed by atoms with Crippen LogP contribution in [0.25, 0.3) is 0 Å². The van der Waals surface area contributed by atoms with E-state index in [1.54, 1.807) is 0 Å². The maximum atomic E-state index is 11.4. The first-order valence-corrected chi connectivity index (χ1v) is 7.59. The van der Waals surface area contributed by atoms with Crippen molar-refractivity contribution in [2.75, 3.05) is 6.54 Å². The van der Waals surface area contributed by atoms with Crippen molar-refractivity contribution < 1.29 is 9.59 Å². The zero-order valence-electron chi connectivity index (χ0n) is 7.80. The van der Waals surface area contributed by atoms with Gasteiger partial charge in [0.25, 0.3) is 0 Å². The molecule has 3 amide bonds. The summed E-state index contributed by atoms with van der Waals surface area (Å²) in [6.45, 7) is 2.51. The standard InChI is InChI=1S/C8H14N2O2Si/c1-13(4-2-3-5-13)10-6-7(11)9-8(10)12/h2-6H2,1H3,(H,9,11,12). The number of hydrogen-bond acceptors (Lipinski definition) is 2. The minimum atomic E-state index is -1.56. The van der Waals surface area contributed by atoms with Crippen molar-refractivity contribution in [3.05, 3.63) is 0 Å². The van der Waals surface area contributed by atoms with Gasteiger partial charge in [0.2, 0.25) is 5.91 Å². The van der Waals surface area contributed by atoms with Gasteiger partial charge < -0.3 is 4.57 Å². The maximum Gasteiger partial charge on any atom is 0.316 e. The van der Waals surface area contributed by atoms with Crippen molar-refractivity contribution in [3.63, 3.8) is 0 Å². The van der Waals surface area contributed by atoms with Crippen LogP contribution in [0.3, 0.4) is 0 Å². The number of hydrogen-bond donors (Lipinski definition) is 1. The Morgan fingerprint density at radius 1 is 1.31 bits per heavy atom. The van der Waals surface area contributed by atoms with Crippen molar-refractivity contribution in [2.24, 2.45) is 0 Å². The fourth-order valence-electron chi connectivity index (χ4n) is 2.28. The van der Waals surface area contributed by atoms with Crippen LogP contribution in [0.5, 0.6) is 0 Å². The molecule has 1 N–H and O–H groups in total. The minimum absolute atomic E-state index is 0.134. The molecule has 0 bridgehead atoms. The van der Waals surface area contributed by atoms with E-state index in [4.69, 9.17) is 0 Å². The molecule has 0 aromatic heterocycles. The van der Waals surface area contributed by atoms with E-state index in [9.17, 15) is 9.59 Å². The molecule has 0 aliphatic carbocycles. The SMILES string of the molecule is C[Si]1(N2CC(=O)NC2=O)CCCC1. The van der Waals surface area contributed by atoms with Crippen LogP contribution in [-0.2, 0) is 4.79 Å². The Balaban J connectivity index is 2.16. The number of nitrogens with one attached hydrogen (secondary N) is 1. The van der Waals surface area contributed by atoms with Gasteiger partial charge in [0, 0.05) is 0 Å². The zero-order valence-corrected chi connectivity index (χ0v) is 8.80. The van der Waals surface area contributed by atoms with E-state index < -0.39 is 8.24 Å². The molecule has 2 fully saturated rings. The molecule has 2 aliphatic heterocycles. The lowest BCUT2D eigenvalue weighted by molar-refractivity contribution is -0.118. The van der Waals surface area contributed by atoms with Gasteiger partial charge in [-0.25, -0.2) is 4.79 Å². The summed E-state index contributed by atoms with van der Waals surface area (Å²) >= 11 is 0. The maximum absolute atomic E-state index is 11.4. The van der Waals surface area contributed by atoms with E-state index in [1.165, 1.54) is 12.8 Å². The summed E-state index contributed by atoms with van der Waals surface area (Å²) in [7, 11) is -1.56. The van der Waals surface area contributed by atoms with Crippen molar-refractivity contribution in [2.45, 2.75) is 31.5 Å². The summed E-state index contributed by atoms with van der Waals surface area (Å²) in [6.07, 6.45) is 2.45. The first-order chi connectivity index (χ1) is 6.12. The third kappa shape index (κ3) is 1.37. The Kier molecular flexibility index (Phi) is 1.90. The van der Waals surface area contributed by atoms with Crippen LogP contribution >= 0.6 is 0 Å². The first-order valence-electron chi connectivity index (χ1n) is 4.73. The lowest BCUT2D eigenvalue weighted by Gasteiger charge is -2.31. The highest BCUT2D eigenvalue weighted by Gasteiger charge is 2.44. The highest BCUT2D eigenvalue weighted by atomic mass is 28.3. The molecule has 2 rings (SSSR count). The van der Waals surface area contributed by atoms with Crippen molar-refractivity contribution in [1.82, 2.24) is 9.88 Å². The molecule has 72 valence electrons. The number of amides is 3. The summed E-state index contributed by atoms with van der Waals surface area (Å²) in [4.78, 5) is 22.4. The molecule has 4 nitrogen and oxygen atoms in total. The van der Waals surface area contributed by atoms with Crippen LogP contribution in [-0.4, -0.2) is 31.3 Å². The van der Waals surface area contributed by atoms with Crippen molar-refractivity contribution in [3.8, 4) is 0 Å². The van der Waals surface area contributed by atoms with Gasteiger partial charge in [0.05, 0.1) is 6.54 Å². The van der Waals surface area contributed by atoms with Gasteiger partial charge in [-0.2, -0.15) is 0 Å². The molecule has 0 unspecified atom stereocenters. The molecule has 0 atom stereocenters. The molecule has 13 heavy (non-hydrogen) atoms. The summed E-state index contributed by atoms with van der Waals surface area (Å²) < 4.78 is 1.82. The van der Waals surface area contributed by atoms with Crippen molar-refractivity contribution in [1.29, 1.82) is 0 Å². The van der Waals surface area contributed by atoms with Gasteiger partial charge in [-0.3, -0.25) is 10.1 Å². The summed E-state index contributed by atoms with van der Waals surface area (Å²) in [5.41, 5.74) is 0. The van der Waals surface area contributed by atoms with Gasteiger partial charge in [-0.1, -0.05) is 19.4 Å². The van der Waals surface area contributed by atoms with Gasteiger partial charge in [-0.15, -0.1) is 0 Å². The Bertz CT molecular complexity index is 261. The number of imide groups is 1. The molecule has 2 aliphatic rings.